The first-order chi connectivity index (χ1) is 10.1. The molecule has 1 amide bonds. The molecule has 1 saturated heterocycles. The number of nitrogens with two attached hydrogens (primary N) is 1. The van der Waals surface area contributed by atoms with Crippen LogP contribution < -0.4 is 5.73 Å². The van der Waals surface area contributed by atoms with Gasteiger partial charge in [0.15, 0.2) is 5.82 Å². The Bertz CT molecular complexity index is 649. The lowest BCUT2D eigenvalue weighted by Gasteiger charge is -2.22. The summed E-state index contributed by atoms with van der Waals surface area (Å²) >= 11 is 0. The van der Waals surface area contributed by atoms with E-state index in [2.05, 4.69) is 17.0 Å². The van der Waals surface area contributed by atoms with E-state index in [-0.39, 0.29) is 36.1 Å². The van der Waals surface area contributed by atoms with E-state index in [0.29, 0.717) is 24.5 Å². The molecule has 0 radical (unpaired) electrons. The molecule has 3 rings (SSSR count). The standard InChI is InChI=1S/C15H19N5O.2ClH/c1-15(10-16)4-8-19(11-15)14(21)12-3-6-17-13(9-12)20-7-2-5-18-20;;/h2-3,5-7,9H,4,8,10-11,16H2,1H3;2*1H. The van der Waals surface area contributed by atoms with Crippen molar-refractivity contribution in [1.29, 1.82) is 0 Å². The van der Waals surface area contributed by atoms with Crippen LogP contribution in [0.3, 0.4) is 0 Å². The summed E-state index contributed by atoms with van der Waals surface area (Å²) in [7, 11) is 0. The Morgan fingerprint density at radius 3 is 2.78 bits per heavy atom. The number of rotatable bonds is 3. The number of amides is 1. The van der Waals surface area contributed by atoms with Gasteiger partial charge in [0.25, 0.3) is 5.91 Å². The van der Waals surface area contributed by atoms with Crippen LogP contribution in [-0.4, -0.2) is 45.2 Å². The molecule has 6 nitrogen and oxygen atoms in total. The molecule has 3 heterocycles. The topological polar surface area (TPSA) is 77.0 Å². The fourth-order valence-electron chi connectivity index (χ4n) is 2.63. The lowest BCUT2D eigenvalue weighted by atomic mass is 9.90. The second-order valence-electron chi connectivity index (χ2n) is 5.84. The van der Waals surface area contributed by atoms with E-state index in [0.717, 1.165) is 13.0 Å². The number of likely N-dealkylation sites (tertiary alicyclic amines) is 1. The van der Waals surface area contributed by atoms with Crippen molar-refractivity contribution in [3.05, 3.63) is 42.4 Å². The van der Waals surface area contributed by atoms with Crippen molar-refractivity contribution in [2.24, 2.45) is 11.1 Å². The summed E-state index contributed by atoms with van der Waals surface area (Å²) in [5.74, 6) is 0.676. The highest BCUT2D eigenvalue weighted by Crippen LogP contribution is 2.29. The summed E-state index contributed by atoms with van der Waals surface area (Å²) in [6.07, 6.45) is 6.08. The van der Waals surface area contributed by atoms with Crippen molar-refractivity contribution >= 4 is 30.7 Å². The van der Waals surface area contributed by atoms with E-state index in [4.69, 9.17) is 5.73 Å². The van der Waals surface area contributed by atoms with Crippen molar-refractivity contribution in [3.63, 3.8) is 0 Å². The summed E-state index contributed by atoms with van der Waals surface area (Å²) in [6, 6.07) is 5.34. The molecule has 1 aliphatic rings. The molecule has 0 aliphatic carbocycles. The molecule has 1 fully saturated rings. The van der Waals surface area contributed by atoms with Crippen molar-refractivity contribution < 1.29 is 4.79 Å². The van der Waals surface area contributed by atoms with Gasteiger partial charge < -0.3 is 10.6 Å². The molecule has 2 aromatic rings. The monoisotopic (exact) mass is 357 g/mol. The summed E-state index contributed by atoms with van der Waals surface area (Å²) in [4.78, 5) is 18.7. The van der Waals surface area contributed by atoms with Gasteiger partial charge in [-0.2, -0.15) is 5.10 Å². The Morgan fingerprint density at radius 2 is 2.17 bits per heavy atom. The van der Waals surface area contributed by atoms with Crippen LogP contribution in [0.25, 0.3) is 5.82 Å². The third kappa shape index (κ3) is 4.02. The minimum Gasteiger partial charge on any atom is -0.338 e. The fraction of sp³-hybridized carbons (Fsp3) is 0.400. The van der Waals surface area contributed by atoms with E-state index in [1.807, 2.05) is 11.0 Å². The van der Waals surface area contributed by atoms with Gasteiger partial charge in [0.1, 0.15) is 0 Å². The van der Waals surface area contributed by atoms with Gasteiger partial charge in [-0.15, -0.1) is 24.8 Å². The van der Waals surface area contributed by atoms with Crippen molar-refractivity contribution in [2.75, 3.05) is 19.6 Å². The highest BCUT2D eigenvalue weighted by molar-refractivity contribution is 5.94. The van der Waals surface area contributed by atoms with Crippen LogP contribution >= 0.6 is 24.8 Å². The van der Waals surface area contributed by atoms with Crippen molar-refractivity contribution in [2.45, 2.75) is 13.3 Å². The van der Waals surface area contributed by atoms with Gasteiger partial charge in [0, 0.05) is 37.2 Å². The SMILES string of the molecule is CC1(CN)CCN(C(=O)c2ccnc(-n3cccn3)c2)C1.Cl.Cl. The molecule has 2 N–H and O–H groups in total. The third-order valence-electron chi connectivity index (χ3n) is 4.07. The third-order valence-corrected chi connectivity index (χ3v) is 4.07. The van der Waals surface area contributed by atoms with Crippen molar-refractivity contribution in [3.8, 4) is 5.82 Å². The first-order valence-corrected chi connectivity index (χ1v) is 7.07. The molecule has 23 heavy (non-hydrogen) atoms. The summed E-state index contributed by atoms with van der Waals surface area (Å²) in [6.45, 7) is 4.20. The van der Waals surface area contributed by atoms with Crippen LogP contribution in [-0.2, 0) is 0 Å². The maximum absolute atomic E-state index is 12.6. The first kappa shape index (κ1) is 19.4. The smallest absolute Gasteiger partial charge is 0.254 e. The minimum absolute atomic E-state index is 0. The average molecular weight is 358 g/mol. The molecular formula is C15H21Cl2N5O. The number of pyridine rings is 1. The summed E-state index contributed by atoms with van der Waals surface area (Å²) < 4.78 is 1.64. The minimum atomic E-state index is 0. The predicted octanol–water partition coefficient (Wildman–Crippen LogP) is 1.92. The van der Waals surface area contributed by atoms with Gasteiger partial charge in [0.2, 0.25) is 0 Å². The Kier molecular flexibility index (Phi) is 6.56. The quantitative estimate of drug-likeness (QED) is 0.910. The van der Waals surface area contributed by atoms with E-state index >= 15 is 0 Å². The maximum atomic E-state index is 12.6. The number of carbonyl (C=O) groups is 1. The number of nitrogens with zero attached hydrogens (tertiary/aromatic N) is 4. The lowest BCUT2D eigenvalue weighted by molar-refractivity contribution is 0.0776. The largest absolute Gasteiger partial charge is 0.338 e. The molecule has 1 atom stereocenters. The van der Waals surface area contributed by atoms with Gasteiger partial charge in [-0.1, -0.05) is 6.92 Å². The summed E-state index contributed by atoms with van der Waals surface area (Å²) in [5.41, 5.74) is 6.47. The lowest BCUT2D eigenvalue weighted by Crippen LogP contribution is -2.34. The molecule has 0 bridgehead atoms. The summed E-state index contributed by atoms with van der Waals surface area (Å²) in [5, 5.41) is 4.13. The van der Waals surface area contributed by atoms with Gasteiger partial charge in [-0.25, -0.2) is 9.67 Å². The van der Waals surface area contributed by atoms with Crippen LogP contribution in [0.5, 0.6) is 0 Å². The molecule has 0 aromatic carbocycles. The zero-order valence-corrected chi connectivity index (χ0v) is 14.5. The number of aromatic nitrogens is 3. The molecule has 2 aromatic heterocycles. The Morgan fingerprint density at radius 1 is 1.39 bits per heavy atom. The molecule has 1 aliphatic heterocycles. The normalized spacial score (nSPS) is 19.8. The number of hydrogen-bond donors (Lipinski definition) is 1. The van der Waals surface area contributed by atoms with Gasteiger partial charge in [0.05, 0.1) is 0 Å². The van der Waals surface area contributed by atoms with E-state index in [1.165, 1.54) is 0 Å². The van der Waals surface area contributed by atoms with Crippen LogP contribution in [0, 0.1) is 5.41 Å². The zero-order chi connectivity index (χ0) is 14.9. The second kappa shape index (κ2) is 7.77. The Labute approximate surface area is 147 Å². The van der Waals surface area contributed by atoms with Gasteiger partial charge >= 0.3 is 0 Å². The van der Waals surface area contributed by atoms with Crippen LogP contribution in [0.1, 0.15) is 23.7 Å². The molecular weight excluding hydrogens is 337 g/mol. The number of hydrogen-bond acceptors (Lipinski definition) is 4. The van der Waals surface area contributed by atoms with E-state index < -0.39 is 0 Å². The first-order valence-electron chi connectivity index (χ1n) is 7.07. The highest BCUT2D eigenvalue weighted by atomic mass is 35.5. The second-order valence-corrected chi connectivity index (χ2v) is 5.84. The number of carbonyl (C=O) groups excluding carboxylic acids is 1. The van der Waals surface area contributed by atoms with Crippen LogP contribution in [0.15, 0.2) is 36.8 Å². The predicted molar refractivity (Wildman–Crippen MR) is 93.5 cm³/mol. The van der Waals surface area contributed by atoms with Crippen molar-refractivity contribution in [1.82, 2.24) is 19.7 Å². The number of halogens is 2. The molecule has 0 saturated carbocycles. The van der Waals surface area contributed by atoms with Crippen LogP contribution in [0.2, 0.25) is 0 Å². The van der Waals surface area contributed by atoms with Crippen LogP contribution in [0.4, 0.5) is 0 Å². The highest BCUT2D eigenvalue weighted by Gasteiger charge is 2.35. The van der Waals surface area contributed by atoms with Gasteiger partial charge in [-0.3, -0.25) is 4.79 Å². The zero-order valence-electron chi connectivity index (χ0n) is 12.9. The van der Waals surface area contributed by atoms with Gasteiger partial charge in [-0.05, 0) is 36.6 Å². The fourth-order valence-corrected chi connectivity index (χ4v) is 2.63. The molecule has 126 valence electrons. The molecule has 0 spiro atoms. The maximum Gasteiger partial charge on any atom is 0.254 e. The average Bonchev–Trinajstić information content (AvgIpc) is 3.17. The molecule has 1 unspecified atom stereocenters. The molecule has 8 heteroatoms. The van der Waals surface area contributed by atoms with E-state index in [9.17, 15) is 4.79 Å². The Balaban J connectivity index is 0.00000132. The van der Waals surface area contributed by atoms with E-state index in [1.54, 1.807) is 35.4 Å². The Hall–Kier alpha value is -1.63.